The number of thioether (sulfide) groups is 1. The lowest BCUT2D eigenvalue weighted by atomic mass is 10.3. The summed E-state index contributed by atoms with van der Waals surface area (Å²) < 4.78 is 12.8. The van der Waals surface area contributed by atoms with Crippen molar-refractivity contribution in [2.24, 2.45) is 0 Å². The number of hydrogen-bond donors (Lipinski definition) is 4. The SMILES string of the molecule is Nc1nc2nc(SCC(=O)Nc3ccc(F)cc3)[nH]c2c(=O)[nH]1. The number of H-pyrrole nitrogens is 2. The van der Waals surface area contributed by atoms with E-state index in [1.165, 1.54) is 24.3 Å². The van der Waals surface area contributed by atoms with Crippen molar-refractivity contribution in [1.29, 1.82) is 0 Å². The lowest BCUT2D eigenvalue weighted by molar-refractivity contribution is -0.113. The molecule has 3 rings (SSSR count). The van der Waals surface area contributed by atoms with Crippen LogP contribution in [0.3, 0.4) is 0 Å². The summed E-state index contributed by atoms with van der Waals surface area (Å²) in [5.41, 5.74) is 5.88. The van der Waals surface area contributed by atoms with Crippen LogP contribution >= 0.6 is 11.8 Å². The van der Waals surface area contributed by atoms with Gasteiger partial charge < -0.3 is 16.0 Å². The number of anilines is 2. The molecule has 0 bridgehead atoms. The maximum Gasteiger partial charge on any atom is 0.278 e. The molecule has 118 valence electrons. The molecule has 0 atom stereocenters. The van der Waals surface area contributed by atoms with E-state index in [0.717, 1.165) is 11.8 Å². The first-order valence-electron chi connectivity index (χ1n) is 6.45. The number of aromatic amines is 2. The lowest BCUT2D eigenvalue weighted by Gasteiger charge is -2.03. The number of carbonyl (C=O) groups is 1. The zero-order chi connectivity index (χ0) is 16.4. The average molecular weight is 334 g/mol. The number of nitrogens with one attached hydrogen (secondary N) is 3. The van der Waals surface area contributed by atoms with Crippen LogP contribution < -0.4 is 16.6 Å². The van der Waals surface area contributed by atoms with Gasteiger partial charge in [-0.3, -0.25) is 14.6 Å². The fourth-order valence-electron chi connectivity index (χ4n) is 1.84. The van der Waals surface area contributed by atoms with E-state index in [4.69, 9.17) is 5.73 Å². The number of fused-ring (bicyclic) bond motifs is 1. The fraction of sp³-hybridized carbons (Fsp3) is 0.0769. The van der Waals surface area contributed by atoms with Crippen LogP contribution in [0.2, 0.25) is 0 Å². The molecule has 5 N–H and O–H groups in total. The smallest absolute Gasteiger partial charge is 0.278 e. The van der Waals surface area contributed by atoms with Crippen molar-refractivity contribution < 1.29 is 9.18 Å². The normalized spacial score (nSPS) is 10.8. The average Bonchev–Trinajstić information content (AvgIpc) is 2.91. The number of amides is 1. The Kier molecular flexibility index (Phi) is 3.98. The third-order valence-electron chi connectivity index (χ3n) is 2.83. The molecule has 0 aliphatic rings. The third-order valence-corrected chi connectivity index (χ3v) is 3.70. The Hall–Kier alpha value is -2.88. The van der Waals surface area contributed by atoms with E-state index in [-0.39, 0.29) is 34.6 Å². The van der Waals surface area contributed by atoms with Gasteiger partial charge in [0, 0.05) is 5.69 Å². The number of nitrogen functional groups attached to an aromatic ring is 1. The number of aromatic nitrogens is 4. The van der Waals surface area contributed by atoms with E-state index in [2.05, 4.69) is 25.3 Å². The highest BCUT2D eigenvalue weighted by molar-refractivity contribution is 7.99. The highest BCUT2D eigenvalue weighted by atomic mass is 32.2. The molecule has 0 fully saturated rings. The molecule has 2 heterocycles. The molecule has 0 aliphatic heterocycles. The maximum atomic E-state index is 12.8. The van der Waals surface area contributed by atoms with Crippen molar-refractivity contribution in [1.82, 2.24) is 19.9 Å². The minimum Gasteiger partial charge on any atom is -0.369 e. The summed E-state index contributed by atoms with van der Waals surface area (Å²) in [6.07, 6.45) is 0. The molecule has 0 unspecified atom stereocenters. The Morgan fingerprint density at radius 3 is 2.74 bits per heavy atom. The second-order valence-electron chi connectivity index (χ2n) is 4.54. The first kappa shape index (κ1) is 15.0. The van der Waals surface area contributed by atoms with Crippen molar-refractivity contribution in [3.8, 4) is 0 Å². The largest absolute Gasteiger partial charge is 0.369 e. The zero-order valence-electron chi connectivity index (χ0n) is 11.6. The van der Waals surface area contributed by atoms with E-state index >= 15 is 0 Å². The first-order valence-corrected chi connectivity index (χ1v) is 7.43. The lowest BCUT2D eigenvalue weighted by Crippen LogP contribution is -2.14. The standard InChI is InChI=1S/C13H11FN6O2S/c14-6-1-3-7(4-2-6)16-8(21)5-23-13-17-9-10(19-13)18-12(15)20-11(9)22/h1-4H,5H2,(H,16,21)(H4,15,17,18,19,20,22). The van der Waals surface area contributed by atoms with Crippen molar-refractivity contribution >= 4 is 40.5 Å². The molecule has 0 radical (unpaired) electrons. The Bertz CT molecular complexity index is 920. The molecule has 1 aromatic carbocycles. The summed E-state index contributed by atoms with van der Waals surface area (Å²) in [6.45, 7) is 0. The molecule has 2 aromatic heterocycles. The van der Waals surface area contributed by atoms with E-state index < -0.39 is 5.56 Å². The minimum atomic E-state index is -0.428. The summed E-state index contributed by atoms with van der Waals surface area (Å²) in [5, 5.41) is 3.00. The molecule has 0 saturated carbocycles. The van der Waals surface area contributed by atoms with Gasteiger partial charge in [0.15, 0.2) is 16.3 Å². The molecule has 8 nitrogen and oxygen atoms in total. The quantitative estimate of drug-likeness (QED) is 0.529. The molecular weight excluding hydrogens is 323 g/mol. The number of halogens is 1. The Morgan fingerprint density at radius 2 is 2.00 bits per heavy atom. The fourth-order valence-corrected chi connectivity index (χ4v) is 2.50. The van der Waals surface area contributed by atoms with Gasteiger partial charge in [-0.1, -0.05) is 11.8 Å². The highest BCUT2D eigenvalue weighted by Gasteiger charge is 2.11. The van der Waals surface area contributed by atoms with Gasteiger partial charge in [0.05, 0.1) is 5.75 Å². The van der Waals surface area contributed by atoms with Crippen LogP contribution in [0.15, 0.2) is 34.2 Å². The van der Waals surface area contributed by atoms with Gasteiger partial charge in [0.1, 0.15) is 5.82 Å². The first-order chi connectivity index (χ1) is 11.0. The van der Waals surface area contributed by atoms with Gasteiger partial charge in [-0.15, -0.1) is 0 Å². The second-order valence-corrected chi connectivity index (χ2v) is 5.50. The van der Waals surface area contributed by atoms with Gasteiger partial charge >= 0.3 is 0 Å². The van der Waals surface area contributed by atoms with E-state index in [1.54, 1.807) is 0 Å². The van der Waals surface area contributed by atoms with Gasteiger partial charge in [-0.25, -0.2) is 9.37 Å². The Morgan fingerprint density at radius 1 is 1.26 bits per heavy atom. The summed E-state index contributed by atoms with van der Waals surface area (Å²) >= 11 is 1.10. The molecule has 0 aliphatic carbocycles. The minimum absolute atomic E-state index is 0.0281. The summed E-state index contributed by atoms with van der Waals surface area (Å²) in [7, 11) is 0. The molecule has 1 amide bonds. The number of hydrogen-bond acceptors (Lipinski definition) is 6. The van der Waals surface area contributed by atoms with Gasteiger partial charge in [-0.05, 0) is 24.3 Å². The summed E-state index contributed by atoms with van der Waals surface area (Å²) in [5.74, 6) is -0.635. The molecule has 10 heteroatoms. The van der Waals surface area contributed by atoms with E-state index in [0.29, 0.717) is 10.8 Å². The number of nitrogens with zero attached hydrogens (tertiary/aromatic N) is 2. The van der Waals surface area contributed by atoms with Crippen LogP contribution in [0.1, 0.15) is 0 Å². The van der Waals surface area contributed by atoms with Crippen molar-refractivity contribution in [3.63, 3.8) is 0 Å². The number of benzene rings is 1. The van der Waals surface area contributed by atoms with Crippen molar-refractivity contribution in [3.05, 3.63) is 40.4 Å². The van der Waals surface area contributed by atoms with Crippen LogP contribution in [0.4, 0.5) is 16.0 Å². The zero-order valence-corrected chi connectivity index (χ0v) is 12.4. The summed E-state index contributed by atoms with van der Waals surface area (Å²) in [4.78, 5) is 36.6. The molecular formula is C13H11FN6O2S. The Labute approximate surface area is 132 Å². The van der Waals surface area contributed by atoms with Gasteiger partial charge in [-0.2, -0.15) is 4.98 Å². The van der Waals surface area contributed by atoms with Crippen LogP contribution in [0.25, 0.3) is 11.2 Å². The van der Waals surface area contributed by atoms with Crippen molar-refractivity contribution in [2.45, 2.75) is 5.16 Å². The van der Waals surface area contributed by atoms with Crippen molar-refractivity contribution in [2.75, 3.05) is 16.8 Å². The second kappa shape index (κ2) is 6.08. The van der Waals surface area contributed by atoms with Crippen LogP contribution in [-0.4, -0.2) is 31.6 Å². The predicted molar refractivity (Wildman–Crippen MR) is 84.7 cm³/mol. The number of nitrogens with two attached hydrogens (primary N) is 1. The van der Waals surface area contributed by atoms with Crippen LogP contribution in [0, 0.1) is 5.82 Å². The molecule has 0 saturated heterocycles. The highest BCUT2D eigenvalue weighted by Crippen LogP contribution is 2.17. The number of rotatable bonds is 4. The molecule has 3 aromatic rings. The van der Waals surface area contributed by atoms with Gasteiger partial charge in [0.2, 0.25) is 11.9 Å². The predicted octanol–water partition coefficient (Wildman–Crippen LogP) is 1.10. The van der Waals surface area contributed by atoms with Crippen LogP contribution in [-0.2, 0) is 4.79 Å². The molecule has 0 spiro atoms. The summed E-state index contributed by atoms with van der Waals surface area (Å²) in [6, 6.07) is 5.44. The monoisotopic (exact) mass is 334 g/mol. The topological polar surface area (TPSA) is 130 Å². The Balaban J connectivity index is 1.66. The third kappa shape index (κ3) is 3.48. The molecule has 23 heavy (non-hydrogen) atoms. The van der Waals surface area contributed by atoms with E-state index in [9.17, 15) is 14.0 Å². The number of imidazole rings is 1. The van der Waals surface area contributed by atoms with E-state index in [1.807, 2.05) is 0 Å². The van der Waals surface area contributed by atoms with Gasteiger partial charge in [0.25, 0.3) is 5.56 Å². The maximum absolute atomic E-state index is 12.8. The number of carbonyl (C=O) groups excluding carboxylic acids is 1. The van der Waals surface area contributed by atoms with Crippen LogP contribution in [0.5, 0.6) is 0 Å².